The van der Waals surface area contributed by atoms with Crippen LogP contribution in [0.25, 0.3) is 39.0 Å². The van der Waals surface area contributed by atoms with Crippen LogP contribution in [0.15, 0.2) is 72.0 Å². The lowest BCUT2D eigenvalue weighted by Gasteiger charge is -2.34. The van der Waals surface area contributed by atoms with E-state index in [4.69, 9.17) is 10.7 Å². The van der Waals surface area contributed by atoms with Crippen LogP contribution in [0.3, 0.4) is 0 Å². The molecule has 1 aliphatic rings. The SMILES string of the molecule is C=CC(=O)Nc1cc(-c2c(-c3ccc(N4CCN(C)CC4)cc3)[nH]c3ncc(/C(C=NC)=C(\C)N)c(C)c23)ccc1C. The maximum absolute atomic E-state index is 12.2. The van der Waals surface area contributed by atoms with E-state index in [0.29, 0.717) is 5.70 Å². The van der Waals surface area contributed by atoms with Crippen LogP contribution in [0, 0.1) is 13.8 Å². The van der Waals surface area contributed by atoms with E-state index in [0.717, 1.165) is 87.5 Å². The monoisotopic (exact) mass is 561 g/mol. The average Bonchev–Trinajstić information content (AvgIpc) is 3.38. The van der Waals surface area contributed by atoms with Crippen LogP contribution in [0.5, 0.6) is 0 Å². The Morgan fingerprint density at radius 1 is 1.10 bits per heavy atom. The molecule has 3 heterocycles. The summed E-state index contributed by atoms with van der Waals surface area (Å²) in [6, 6.07) is 14.9. The van der Waals surface area contributed by atoms with Crippen molar-refractivity contribution >= 4 is 40.1 Å². The van der Waals surface area contributed by atoms with E-state index >= 15 is 0 Å². The number of nitrogens with one attached hydrogen (secondary N) is 2. The second-order valence-electron chi connectivity index (χ2n) is 10.9. The number of H-pyrrole nitrogens is 1. The molecule has 1 aliphatic heterocycles. The minimum atomic E-state index is -0.249. The number of nitrogens with two attached hydrogens (primary N) is 1. The lowest BCUT2D eigenvalue weighted by molar-refractivity contribution is -0.111. The summed E-state index contributed by atoms with van der Waals surface area (Å²) in [5.41, 5.74) is 17.5. The van der Waals surface area contributed by atoms with Gasteiger partial charge in [0.2, 0.25) is 5.91 Å². The van der Waals surface area contributed by atoms with Gasteiger partial charge in [0.05, 0.1) is 5.69 Å². The summed E-state index contributed by atoms with van der Waals surface area (Å²) < 4.78 is 0. The number of amides is 1. The Morgan fingerprint density at radius 3 is 2.43 bits per heavy atom. The Hall–Kier alpha value is -4.69. The molecule has 4 aromatic rings. The molecule has 8 nitrogen and oxygen atoms in total. The van der Waals surface area contributed by atoms with Crippen LogP contribution < -0.4 is 16.0 Å². The van der Waals surface area contributed by atoms with Crippen molar-refractivity contribution in [2.24, 2.45) is 10.7 Å². The summed E-state index contributed by atoms with van der Waals surface area (Å²) in [6.07, 6.45) is 4.92. The van der Waals surface area contributed by atoms with Crippen LogP contribution in [0.2, 0.25) is 0 Å². The lowest BCUT2D eigenvalue weighted by atomic mass is 9.92. The number of hydrogen-bond acceptors (Lipinski definition) is 6. The topological polar surface area (TPSA) is 103 Å². The quantitative estimate of drug-likeness (QED) is 0.196. The molecule has 42 heavy (non-hydrogen) atoms. The number of likely N-dealkylation sites (N-methyl/N-ethyl adjacent to an activating group) is 1. The number of anilines is 2. The fourth-order valence-corrected chi connectivity index (χ4v) is 5.60. The predicted octanol–water partition coefficient (Wildman–Crippen LogP) is 5.78. The molecule has 0 unspecified atom stereocenters. The van der Waals surface area contributed by atoms with Gasteiger partial charge in [-0.1, -0.05) is 30.8 Å². The first-order valence-electron chi connectivity index (χ1n) is 14.2. The molecular formula is C34H39N7O. The molecule has 1 fully saturated rings. The first-order valence-corrected chi connectivity index (χ1v) is 14.2. The molecule has 4 N–H and O–H groups in total. The molecule has 2 aromatic heterocycles. The molecule has 216 valence electrons. The summed E-state index contributed by atoms with van der Waals surface area (Å²) in [7, 11) is 3.91. The molecule has 2 aromatic carbocycles. The molecule has 0 atom stereocenters. The van der Waals surface area contributed by atoms with Gasteiger partial charge in [0.25, 0.3) is 0 Å². The number of aryl methyl sites for hydroxylation is 2. The Bertz CT molecular complexity index is 1700. The van der Waals surface area contributed by atoms with Gasteiger partial charge in [0.15, 0.2) is 0 Å². The number of carbonyl (C=O) groups excluding carboxylic acids is 1. The summed E-state index contributed by atoms with van der Waals surface area (Å²) in [4.78, 5) is 29.7. The van der Waals surface area contributed by atoms with Crippen molar-refractivity contribution in [2.45, 2.75) is 20.8 Å². The molecule has 1 saturated heterocycles. The number of fused-ring (bicyclic) bond motifs is 1. The van der Waals surface area contributed by atoms with E-state index in [1.54, 1.807) is 13.3 Å². The summed E-state index contributed by atoms with van der Waals surface area (Å²) in [5, 5.41) is 3.96. The first-order chi connectivity index (χ1) is 20.2. The molecule has 0 radical (unpaired) electrons. The molecule has 0 bridgehead atoms. The van der Waals surface area contributed by atoms with E-state index in [9.17, 15) is 4.79 Å². The van der Waals surface area contributed by atoms with Gasteiger partial charge in [-0.05, 0) is 74.3 Å². The van der Waals surface area contributed by atoms with E-state index in [1.807, 2.05) is 32.2 Å². The van der Waals surface area contributed by atoms with Crippen molar-refractivity contribution in [1.29, 1.82) is 0 Å². The maximum Gasteiger partial charge on any atom is 0.247 e. The van der Waals surface area contributed by atoms with Crippen molar-refractivity contribution in [3.8, 4) is 22.4 Å². The van der Waals surface area contributed by atoms with Crippen LogP contribution in [-0.4, -0.2) is 67.3 Å². The standard InChI is InChI=1S/C34H39N7O/c1-7-30(42)38-29-18-25(9-8-21(29)2)32-31-22(3)27(28(19-36-5)23(4)35)20-37-34(31)39-33(32)24-10-12-26(13-11-24)41-16-14-40(6)15-17-41/h7-13,18-20H,1,14-17,35H2,2-6H3,(H,37,39)(H,38,42)/b28-23+,36-19?. The van der Waals surface area contributed by atoms with Gasteiger partial charge in [0.1, 0.15) is 5.65 Å². The van der Waals surface area contributed by atoms with Crippen molar-refractivity contribution in [2.75, 3.05) is 50.5 Å². The fourth-order valence-electron chi connectivity index (χ4n) is 5.60. The molecule has 0 saturated carbocycles. The third kappa shape index (κ3) is 5.58. The zero-order valence-electron chi connectivity index (χ0n) is 25.1. The number of pyridine rings is 1. The molecule has 8 heteroatoms. The molecule has 0 aliphatic carbocycles. The summed E-state index contributed by atoms with van der Waals surface area (Å²) >= 11 is 0. The highest BCUT2D eigenvalue weighted by atomic mass is 16.1. The Morgan fingerprint density at radius 2 is 1.79 bits per heavy atom. The van der Waals surface area contributed by atoms with Crippen LogP contribution in [0.1, 0.15) is 23.6 Å². The normalized spacial score (nSPS) is 14.8. The lowest BCUT2D eigenvalue weighted by Crippen LogP contribution is -2.44. The smallest absolute Gasteiger partial charge is 0.247 e. The number of hydrogen-bond donors (Lipinski definition) is 3. The van der Waals surface area contributed by atoms with Crippen molar-refractivity contribution in [3.05, 3.63) is 83.7 Å². The Balaban J connectivity index is 1.71. The van der Waals surface area contributed by atoms with Gasteiger partial charge in [0, 0.05) is 84.8 Å². The van der Waals surface area contributed by atoms with Crippen LogP contribution in [0.4, 0.5) is 11.4 Å². The number of aromatic nitrogens is 2. The van der Waals surface area contributed by atoms with E-state index < -0.39 is 0 Å². The third-order valence-electron chi connectivity index (χ3n) is 8.05. The minimum absolute atomic E-state index is 0.249. The predicted molar refractivity (Wildman–Crippen MR) is 176 cm³/mol. The van der Waals surface area contributed by atoms with Crippen molar-refractivity contribution in [3.63, 3.8) is 0 Å². The molecule has 5 rings (SSSR count). The number of rotatable bonds is 7. The second kappa shape index (κ2) is 12.0. The van der Waals surface area contributed by atoms with Gasteiger partial charge in [-0.15, -0.1) is 0 Å². The third-order valence-corrected chi connectivity index (χ3v) is 8.05. The van der Waals surface area contributed by atoms with E-state index in [-0.39, 0.29) is 5.91 Å². The zero-order chi connectivity index (χ0) is 30.0. The highest BCUT2D eigenvalue weighted by molar-refractivity contribution is 6.14. The summed E-state index contributed by atoms with van der Waals surface area (Å²) in [6.45, 7) is 13.7. The number of nitrogens with zero attached hydrogens (tertiary/aromatic N) is 4. The van der Waals surface area contributed by atoms with Crippen molar-refractivity contribution in [1.82, 2.24) is 14.9 Å². The largest absolute Gasteiger partial charge is 0.402 e. The fraction of sp³-hybridized carbons (Fsp3) is 0.265. The maximum atomic E-state index is 12.2. The van der Waals surface area contributed by atoms with Gasteiger partial charge in [-0.25, -0.2) is 4.98 Å². The first kappa shape index (κ1) is 28.8. The van der Waals surface area contributed by atoms with E-state index in [2.05, 4.69) is 76.0 Å². The van der Waals surface area contributed by atoms with Crippen LogP contribution in [-0.2, 0) is 4.79 Å². The van der Waals surface area contributed by atoms with Crippen LogP contribution >= 0.6 is 0 Å². The average molecular weight is 562 g/mol. The molecular weight excluding hydrogens is 522 g/mol. The minimum Gasteiger partial charge on any atom is -0.402 e. The Labute approximate surface area is 247 Å². The highest BCUT2D eigenvalue weighted by Crippen LogP contribution is 2.42. The zero-order valence-corrected chi connectivity index (χ0v) is 25.1. The number of piperazine rings is 1. The number of aromatic amines is 1. The van der Waals surface area contributed by atoms with Gasteiger partial charge in [-0.3, -0.25) is 9.79 Å². The summed E-state index contributed by atoms with van der Waals surface area (Å²) in [5.74, 6) is -0.249. The number of benzene rings is 2. The van der Waals surface area contributed by atoms with E-state index in [1.165, 1.54) is 11.8 Å². The number of aliphatic imine (C=N–C) groups is 1. The number of allylic oxidation sites excluding steroid dienone is 2. The van der Waals surface area contributed by atoms with Gasteiger partial charge < -0.3 is 25.8 Å². The van der Waals surface area contributed by atoms with Gasteiger partial charge in [-0.2, -0.15) is 0 Å². The highest BCUT2D eigenvalue weighted by Gasteiger charge is 2.22. The Kier molecular flexibility index (Phi) is 8.27. The van der Waals surface area contributed by atoms with Crippen molar-refractivity contribution < 1.29 is 4.79 Å². The molecule has 1 amide bonds. The molecule has 0 spiro atoms. The second-order valence-corrected chi connectivity index (χ2v) is 10.9. The number of carbonyl (C=O) groups is 1. The van der Waals surface area contributed by atoms with Gasteiger partial charge >= 0.3 is 0 Å².